The van der Waals surface area contributed by atoms with Gasteiger partial charge in [-0.3, -0.25) is 9.59 Å². The summed E-state index contributed by atoms with van der Waals surface area (Å²) in [5, 5.41) is 9.40. The number of phenolic OH excluding ortho intramolecular Hbond substituents is 1. The number of amides is 1. The average molecular weight is 233 g/mol. The van der Waals surface area contributed by atoms with Gasteiger partial charge in [0.25, 0.3) is 0 Å². The highest BCUT2D eigenvalue weighted by Crippen LogP contribution is 2.23. The summed E-state index contributed by atoms with van der Waals surface area (Å²) in [7, 11) is 0. The number of Topliss-reactive ketones (excluding diaryl/α,β-unsaturated/α-hetero) is 1. The molecule has 1 N–H and O–H groups in total. The van der Waals surface area contributed by atoms with Crippen LogP contribution in [-0.2, 0) is 22.6 Å². The first-order chi connectivity index (χ1) is 8.06. The number of ketones is 1. The molecule has 1 aliphatic rings. The fourth-order valence-electron chi connectivity index (χ4n) is 2.08. The van der Waals surface area contributed by atoms with Crippen LogP contribution in [0.5, 0.6) is 5.75 Å². The summed E-state index contributed by atoms with van der Waals surface area (Å²) in [6.45, 7) is 2.54. The average Bonchev–Trinajstić information content (AvgIpc) is 2.27. The van der Waals surface area contributed by atoms with Gasteiger partial charge >= 0.3 is 0 Å². The van der Waals surface area contributed by atoms with Gasteiger partial charge in [0, 0.05) is 13.1 Å². The number of aromatic hydroxyl groups is 1. The zero-order valence-electron chi connectivity index (χ0n) is 9.77. The second-order valence-electron chi connectivity index (χ2n) is 4.40. The van der Waals surface area contributed by atoms with Gasteiger partial charge in [-0.05, 0) is 36.6 Å². The van der Waals surface area contributed by atoms with Crippen LogP contribution >= 0.6 is 0 Å². The molecule has 90 valence electrons. The van der Waals surface area contributed by atoms with Crippen molar-refractivity contribution in [1.82, 2.24) is 4.90 Å². The SMILES string of the molecule is CC(=O)CC(=O)N1CCc2ccc(O)cc2C1. The highest BCUT2D eigenvalue weighted by molar-refractivity contribution is 5.96. The lowest BCUT2D eigenvalue weighted by atomic mass is 9.99. The first-order valence-corrected chi connectivity index (χ1v) is 5.64. The number of nitrogens with zero attached hydrogens (tertiary/aromatic N) is 1. The van der Waals surface area contributed by atoms with Gasteiger partial charge in [-0.1, -0.05) is 6.07 Å². The van der Waals surface area contributed by atoms with E-state index in [-0.39, 0.29) is 23.9 Å². The Morgan fingerprint density at radius 1 is 1.35 bits per heavy atom. The molecule has 0 atom stereocenters. The lowest BCUT2D eigenvalue weighted by molar-refractivity contribution is -0.135. The van der Waals surface area contributed by atoms with Crippen molar-refractivity contribution in [3.8, 4) is 5.75 Å². The van der Waals surface area contributed by atoms with Crippen molar-refractivity contribution >= 4 is 11.7 Å². The van der Waals surface area contributed by atoms with Crippen LogP contribution in [-0.4, -0.2) is 28.2 Å². The minimum atomic E-state index is -0.133. The Hall–Kier alpha value is -1.84. The summed E-state index contributed by atoms with van der Waals surface area (Å²) in [5.74, 6) is -0.0344. The normalized spacial score (nSPS) is 14.3. The lowest BCUT2D eigenvalue weighted by Crippen LogP contribution is -2.36. The number of carbonyl (C=O) groups is 2. The molecule has 4 heteroatoms. The topological polar surface area (TPSA) is 57.6 Å². The molecule has 2 rings (SSSR count). The largest absolute Gasteiger partial charge is 0.508 e. The summed E-state index contributed by atoms with van der Waals surface area (Å²) in [4.78, 5) is 24.3. The van der Waals surface area contributed by atoms with Gasteiger partial charge in [0.15, 0.2) is 0 Å². The minimum Gasteiger partial charge on any atom is -0.508 e. The van der Waals surface area contributed by atoms with Crippen molar-refractivity contribution in [2.75, 3.05) is 6.54 Å². The quantitative estimate of drug-likeness (QED) is 0.782. The highest BCUT2D eigenvalue weighted by Gasteiger charge is 2.21. The third-order valence-electron chi connectivity index (χ3n) is 2.95. The van der Waals surface area contributed by atoms with Gasteiger partial charge in [-0.2, -0.15) is 0 Å². The van der Waals surface area contributed by atoms with Crippen molar-refractivity contribution < 1.29 is 14.7 Å². The number of carbonyl (C=O) groups excluding carboxylic acids is 2. The van der Waals surface area contributed by atoms with E-state index < -0.39 is 0 Å². The molecule has 1 aromatic carbocycles. The van der Waals surface area contributed by atoms with E-state index in [2.05, 4.69) is 0 Å². The standard InChI is InChI=1S/C13H15NO3/c1-9(15)6-13(17)14-5-4-10-2-3-12(16)7-11(10)8-14/h2-3,7,16H,4-6,8H2,1H3. The minimum absolute atomic E-state index is 0.0336. The molecule has 17 heavy (non-hydrogen) atoms. The summed E-state index contributed by atoms with van der Waals surface area (Å²) >= 11 is 0. The molecule has 1 heterocycles. The monoisotopic (exact) mass is 233 g/mol. The molecule has 1 aromatic rings. The maximum atomic E-state index is 11.7. The number of benzene rings is 1. The Morgan fingerprint density at radius 2 is 2.12 bits per heavy atom. The third-order valence-corrected chi connectivity index (χ3v) is 2.95. The van der Waals surface area contributed by atoms with Gasteiger partial charge in [-0.15, -0.1) is 0 Å². The number of rotatable bonds is 2. The van der Waals surface area contributed by atoms with Crippen LogP contribution in [0, 0.1) is 0 Å². The molecule has 0 aliphatic carbocycles. The Balaban J connectivity index is 2.12. The number of hydrogen-bond acceptors (Lipinski definition) is 3. The summed E-state index contributed by atoms with van der Waals surface area (Å²) in [5.41, 5.74) is 2.13. The Bertz CT molecular complexity index is 468. The fourth-order valence-corrected chi connectivity index (χ4v) is 2.08. The number of phenols is 1. The van der Waals surface area contributed by atoms with Crippen LogP contribution in [0.4, 0.5) is 0 Å². The van der Waals surface area contributed by atoms with Gasteiger partial charge in [0.2, 0.25) is 5.91 Å². The van der Waals surface area contributed by atoms with E-state index in [9.17, 15) is 14.7 Å². The smallest absolute Gasteiger partial charge is 0.230 e. The predicted octanol–water partition coefficient (Wildman–Crippen LogP) is 1.26. The van der Waals surface area contributed by atoms with E-state index in [1.165, 1.54) is 6.92 Å². The van der Waals surface area contributed by atoms with E-state index in [1.807, 2.05) is 6.07 Å². The van der Waals surface area contributed by atoms with Crippen molar-refractivity contribution in [2.45, 2.75) is 26.3 Å². The first kappa shape index (κ1) is 11.6. The van der Waals surface area contributed by atoms with E-state index in [1.54, 1.807) is 17.0 Å². The molecule has 1 amide bonds. The molecular formula is C13H15NO3. The molecule has 0 unspecified atom stereocenters. The first-order valence-electron chi connectivity index (χ1n) is 5.64. The Morgan fingerprint density at radius 3 is 2.82 bits per heavy atom. The van der Waals surface area contributed by atoms with Crippen molar-refractivity contribution in [1.29, 1.82) is 0 Å². The third kappa shape index (κ3) is 2.64. The fraction of sp³-hybridized carbons (Fsp3) is 0.385. The molecule has 4 nitrogen and oxygen atoms in total. The van der Waals surface area contributed by atoms with E-state index in [4.69, 9.17) is 0 Å². The molecular weight excluding hydrogens is 218 g/mol. The molecule has 0 saturated heterocycles. The zero-order valence-corrected chi connectivity index (χ0v) is 9.77. The van der Waals surface area contributed by atoms with E-state index in [0.717, 1.165) is 17.5 Å². The molecule has 0 spiro atoms. The molecule has 0 fully saturated rings. The predicted molar refractivity (Wildman–Crippen MR) is 62.5 cm³/mol. The van der Waals surface area contributed by atoms with E-state index >= 15 is 0 Å². The van der Waals surface area contributed by atoms with Crippen molar-refractivity contribution in [3.05, 3.63) is 29.3 Å². The summed E-state index contributed by atoms with van der Waals surface area (Å²) < 4.78 is 0. The molecule has 0 bridgehead atoms. The summed E-state index contributed by atoms with van der Waals surface area (Å²) in [6.07, 6.45) is 0.743. The van der Waals surface area contributed by atoms with Crippen LogP contribution in [0.15, 0.2) is 18.2 Å². The van der Waals surface area contributed by atoms with E-state index in [0.29, 0.717) is 13.1 Å². The highest BCUT2D eigenvalue weighted by atomic mass is 16.3. The van der Waals surface area contributed by atoms with Crippen LogP contribution < -0.4 is 0 Å². The van der Waals surface area contributed by atoms with Crippen molar-refractivity contribution in [3.63, 3.8) is 0 Å². The molecule has 0 saturated carbocycles. The second kappa shape index (κ2) is 4.57. The Labute approximate surface area is 99.9 Å². The van der Waals surface area contributed by atoms with Gasteiger partial charge < -0.3 is 10.0 Å². The number of hydrogen-bond donors (Lipinski definition) is 1. The van der Waals surface area contributed by atoms with Crippen molar-refractivity contribution in [2.24, 2.45) is 0 Å². The molecule has 0 aromatic heterocycles. The van der Waals surface area contributed by atoms with Gasteiger partial charge in [0.1, 0.15) is 11.5 Å². The van der Waals surface area contributed by atoms with Gasteiger partial charge in [0.05, 0.1) is 6.42 Å². The summed E-state index contributed by atoms with van der Waals surface area (Å²) in [6, 6.07) is 5.23. The van der Waals surface area contributed by atoms with Crippen LogP contribution in [0.2, 0.25) is 0 Å². The number of fused-ring (bicyclic) bond motifs is 1. The Kier molecular flexibility index (Phi) is 3.13. The lowest BCUT2D eigenvalue weighted by Gasteiger charge is -2.28. The van der Waals surface area contributed by atoms with Crippen LogP contribution in [0.3, 0.4) is 0 Å². The second-order valence-corrected chi connectivity index (χ2v) is 4.40. The van der Waals surface area contributed by atoms with Crippen LogP contribution in [0.1, 0.15) is 24.5 Å². The van der Waals surface area contributed by atoms with Gasteiger partial charge in [-0.25, -0.2) is 0 Å². The maximum Gasteiger partial charge on any atom is 0.230 e. The molecule has 0 radical (unpaired) electrons. The zero-order chi connectivity index (χ0) is 12.4. The molecule has 1 aliphatic heterocycles. The maximum absolute atomic E-state index is 11.7. The van der Waals surface area contributed by atoms with Crippen LogP contribution in [0.25, 0.3) is 0 Å².